The van der Waals surface area contributed by atoms with Gasteiger partial charge in [0.25, 0.3) is 5.91 Å². The van der Waals surface area contributed by atoms with Crippen molar-refractivity contribution in [2.75, 3.05) is 31.2 Å². The number of rotatable bonds is 7. The molecule has 170 valence electrons. The molecule has 0 aliphatic carbocycles. The topological polar surface area (TPSA) is 72.0 Å². The normalized spacial score (nSPS) is 13.9. The van der Waals surface area contributed by atoms with Crippen molar-refractivity contribution >= 4 is 23.1 Å². The molecule has 33 heavy (non-hydrogen) atoms. The molecule has 1 aliphatic heterocycles. The molecule has 0 N–H and O–H groups in total. The van der Waals surface area contributed by atoms with E-state index in [-0.39, 0.29) is 18.3 Å². The Balaban J connectivity index is 1.54. The van der Waals surface area contributed by atoms with E-state index in [4.69, 9.17) is 13.7 Å². The Hall–Kier alpha value is -3.43. The first-order valence-corrected chi connectivity index (χ1v) is 11.5. The van der Waals surface area contributed by atoms with E-state index in [2.05, 4.69) is 10.1 Å². The van der Waals surface area contributed by atoms with E-state index >= 15 is 0 Å². The van der Waals surface area contributed by atoms with Crippen LogP contribution in [0.4, 0.5) is 10.3 Å². The summed E-state index contributed by atoms with van der Waals surface area (Å²) in [4.78, 5) is 17.8. The molecule has 3 aromatic heterocycles. The minimum atomic E-state index is -0.329. The lowest BCUT2D eigenvalue weighted by molar-refractivity contribution is 0.0722. The lowest BCUT2D eigenvalue weighted by Crippen LogP contribution is -2.37. The molecule has 1 fully saturated rings. The smallest absolute Gasteiger partial charge is 0.264 e. The largest absolute Gasteiger partial charge is 0.467 e. The Kier molecular flexibility index (Phi) is 6.23. The van der Waals surface area contributed by atoms with Crippen molar-refractivity contribution in [3.8, 4) is 11.3 Å². The monoisotopic (exact) mass is 467 g/mol. The number of aromatic nitrogens is 1. The summed E-state index contributed by atoms with van der Waals surface area (Å²) in [6.07, 6.45) is 1.59. The summed E-state index contributed by atoms with van der Waals surface area (Å²) in [7, 11) is 0. The number of amides is 1. The average molecular weight is 468 g/mol. The van der Waals surface area contributed by atoms with Crippen LogP contribution in [0.5, 0.6) is 0 Å². The highest BCUT2D eigenvalue weighted by Crippen LogP contribution is 2.34. The number of carbonyl (C=O) groups is 1. The number of hydrogen-bond donors (Lipinski definition) is 0. The first kappa shape index (κ1) is 21.4. The van der Waals surface area contributed by atoms with Crippen molar-refractivity contribution in [2.45, 2.75) is 13.1 Å². The Morgan fingerprint density at radius 3 is 2.61 bits per heavy atom. The highest BCUT2D eigenvalue weighted by Gasteiger charge is 2.28. The number of halogens is 1. The SMILES string of the molecule is O=C(c1cccs1)N(Cc1ccco1)Cc1c(-c2ccc(F)cc2)noc1N1CCOCC1. The fraction of sp³-hybridized carbons (Fsp3) is 0.250. The maximum atomic E-state index is 13.6. The van der Waals surface area contributed by atoms with Gasteiger partial charge in [0.1, 0.15) is 17.3 Å². The molecule has 0 unspecified atom stereocenters. The van der Waals surface area contributed by atoms with Crippen molar-refractivity contribution in [1.82, 2.24) is 10.1 Å². The molecule has 7 nitrogen and oxygen atoms in total. The zero-order chi connectivity index (χ0) is 22.6. The Morgan fingerprint density at radius 1 is 1.09 bits per heavy atom. The maximum Gasteiger partial charge on any atom is 0.264 e. The number of anilines is 1. The van der Waals surface area contributed by atoms with Gasteiger partial charge >= 0.3 is 0 Å². The standard InChI is InChI=1S/C24H22FN3O4S/c25-18-7-5-17(6-8-18)22-20(24(32-26-22)27-9-12-30-13-10-27)16-28(15-19-3-1-11-31-19)23(29)21-4-2-14-33-21/h1-8,11,14H,9-10,12-13,15-16H2. The van der Waals surface area contributed by atoms with E-state index in [1.807, 2.05) is 17.5 Å². The van der Waals surface area contributed by atoms with E-state index in [9.17, 15) is 9.18 Å². The third-order valence-electron chi connectivity index (χ3n) is 5.48. The van der Waals surface area contributed by atoms with Crippen LogP contribution >= 0.6 is 11.3 Å². The van der Waals surface area contributed by atoms with E-state index in [1.54, 1.807) is 35.4 Å². The molecule has 0 saturated carbocycles. The minimum absolute atomic E-state index is 0.111. The van der Waals surface area contributed by atoms with Gasteiger partial charge in [0, 0.05) is 18.7 Å². The molecule has 0 atom stereocenters. The number of ether oxygens (including phenoxy) is 1. The summed E-state index contributed by atoms with van der Waals surface area (Å²) in [5.41, 5.74) is 2.07. The van der Waals surface area contributed by atoms with Crippen LogP contribution in [0.3, 0.4) is 0 Å². The number of thiophene rings is 1. The third-order valence-corrected chi connectivity index (χ3v) is 6.34. The highest BCUT2D eigenvalue weighted by atomic mass is 32.1. The van der Waals surface area contributed by atoms with E-state index in [1.165, 1.54) is 23.5 Å². The summed E-state index contributed by atoms with van der Waals surface area (Å²) < 4.78 is 30.4. The molecule has 9 heteroatoms. The number of furan rings is 1. The van der Waals surface area contributed by atoms with Gasteiger partial charge < -0.3 is 23.5 Å². The second-order valence-electron chi connectivity index (χ2n) is 7.64. The van der Waals surface area contributed by atoms with E-state index < -0.39 is 0 Å². The third kappa shape index (κ3) is 4.69. The van der Waals surface area contributed by atoms with E-state index in [0.29, 0.717) is 55.1 Å². The second kappa shape index (κ2) is 9.60. The molecule has 0 spiro atoms. The number of carbonyl (C=O) groups excluding carboxylic acids is 1. The number of morpholine rings is 1. The molecular weight excluding hydrogens is 445 g/mol. The fourth-order valence-corrected chi connectivity index (χ4v) is 4.52. The van der Waals surface area contributed by atoms with Crippen LogP contribution in [0.2, 0.25) is 0 Å². The van der Waals surface area contributed by atoms with Crippen LogP contribution in [-0.4, -0.2) is 42.3 Å². The average Bonchev–Trinajstić information content (AvgIpc) is 3.62. The van der Waals surface area contributed by atoms with E-state index in [0.717, 1.165) is 11.1 Å². The van der Waals surface area contributed by atoms with Crippen LogP contribution < -0.4 is 4.90 Å². The zero-order valence-electron chi connectivity index (χ0n) is 17.8. The Bertz CT molecular complexity index is 1180. The van der Waals surface area contributed by atoms with Gasteiger partial charge in [-0.1, -0.05) is 11.2 Å². The molecule has 1 amide bonds. The van der Waals surface area contributed by atoms with Crippen LogP contribution in [0, 0.1) is 5.82 Å². The van der Waals surface area contributed by atoms with Gasteiger partial charge in [-0.25, -0.2) is 4.39 Å². The molecule has 4 aromatic rings. The molecule has 1 aliphatic rings. The summed E-state index contributed by atoms with van der Waals surface area (Å²) in [6, 6.07) is 13.4. The van der Waals surface area contributed by atoms with Gasteiger partial charge in [-0.2, -0.15) is 0 Å². The Labute approximate surface area is 194 Å². The first-order chi connectivity index (χ1) is 16.2. The van der Waals surface area contributed by atoms with Crippen molar-refractivity contribution < 1.29 is 22.9 Å². The molecule has 1 saturated heterocycles. The molecule has 0 radical (unpaired) electrons. The van der Waals surface area contributed by atoms with Crippen molar-refractivity contribution in [1.29, 1.82) is 0 Å². The molecule has 0 bridgehead atoms. The second-order valence-corrected chi connectivity index (χ2v) is 8.59. The number of benzene rings is 1. The van der Waals surface area contributed by atoms with Crippen molar-refractivity contribution in [3.05, 3.63) is 82.2 Å². The van der Waals surface area contributed by atoms with Crippen LogP contribution in [0.15, 0.2) is 69.1 Å². The van der Waals surface area contributed by atoms with Crippen LogP contribution in [-0.2, 0) is 17.8 Å². The van der Waals surface area contributed by atoms with Crippen LogP contribution in [0.25, 0.3) is 11.3 Å². The minimum Gasteiger partial charge on any atom is -0.467 e. The summed E-state index contributed by atoms with van der Waals surface area (Å²) >= 11 is 1.39. The quantitative estimate of drug-likeness (QED) is 0.388. The van der Waals surface area contributed by atoms with Crippen molar-refractivity contribution in [3.63, 3.8) is 0 Å². The van der Waals surface area contributed by atoms with Gasteiger partial charge in [-0.05, 0) is 47.8 Å². The van der Waals surface area contributed by atoms with Gasteiger partial charge in [-0.3, -0.25) is 4.79 Å². The number of nitrogens with zero attached hydrogens (tertiary/aromatic N) is 3. The summed E-state index contributed by atoms with van der Waals surface area (Å²) in [5.74, 6) is 0.832. The van der Waals surface area contributed by atoms with Gasteiger partial charge in [-0.15, -0.1) is 11.3 Å². The molecule has 4 heterocycles. The predicted octanol–water partition coefficient (Wildman–Crippen LogP) is 4.81. The first-order valence-electron chi connectivity index (χ1n) is 10.6. The van der Waals surface area contributed by atoms with Gasteiger partial charge in [0.05, 0.1) is 43.0 Å². The molecule has 5 rings (SSSR count). The van der Waals surface area contributed by atoms with Crippen LogP contribution in [0.1, 0.15) is 21.0 Å². The van der Waals surface area contributed by atoms with Crippen molar-refractivity contribution in [2.24, 2.45) is 0 Å². The zero-order valence-corrected chi connectivity index (χ0v) is 18.6. The fourth-order valence-electron chi connectivity index (χ4n) is 3.83. The predicted molar refractivity (Wildman–Crippen MR) is 122 cm³/mol. The summed E-state index contributed by atoms with van der Waals surface area (Å²) in [5, 5.41) is 6.20. The lowest BCUT2D eigenvalue weighted by atomic mass is 10.1. The lowest BCUT2D eigenvalue weighted by Gasteiger charge is -2.28. The Morgan fingerprint density at radius 2 is 1.91 bits per heavy atom. The number of hydrogen-bond acceptors (Lipinski definition) is 7. The molecule has 1 aromatic carbocycles. The van der Waals surface area contributed by atoms with Gasteiger partial charge in [0.15, 0.2) is 0 Å². The molecular formula is C24H22FN3O4S. The highest BCUT2D eigenvalue weighted by molar-refractivity contribution is 7.12. The summed E-state index contributed by atoms with van der Waals surface area (Å²) in [6.45, 7) is 3.01. The maximum absolute atomic E-state index is 13.6. The van der Waals surface area contributed by atoms with Gasteiger partial charge in [0.2, 0.25) is 5.88 Å².